The van der Waals surface area contributed by atoms with Crippen molar-refractivity contribution in [1.82, 2.24) is 10.6 Å². The van der Waals surface area contributed by atoms with Crippen LogP contribution >= 0.6 is 12.2 Å². The van der Waals surface area contributed by atoms with Crippen molar-refractivity contribution < 1.29 is 9.53 Å². The first kappa shape index (κ1) is 14.3. The van der Waals surface area contributed by atoms with Gasteiger partial charge in [-0.05, 0) is 44.8 Å². The highest BCUT2D eigenvalue weighted by molar-refractivity contribution is 7.80. The smallest absolute Gasteiger partial charge is 0.337 e. The normalized spacial score (nSPS) is 24.7. The molecule has 2 rings (SSSR count). The van der Waals surface area contributed by atoms with E-state index in [2.05, 4.69) is 10.6 Å². The monoisotopic (exact) mass is 282 g/mol. The maximum Gasteiger partial charge on any atom is 0.337 e. The number of hydrogen-bond donors (Lipinski definition) is 2. The van der Waals surface area contributed by atoms with Crippen LogP contribution in [0.25, 0.3) is 0 Å². The zero-order chi connectivity index (χ0) is 13.8. The number of allylic oxidation sites excluding steroid dienone is 1. The summed E-state index contributed by atoms with van der Waals surface area (Å²) in [7, 11) is 0. The van der Waals surface area contributed by atoms with E-state index in [4.69, 9.17) is 17.0 Å². The lowest BCUT2D eigenvalue weighted by molar-refractivity contribution is -0.139. The molecule has 0 amide bonds. The van der Waals surface area contributed by atoms with Crippen molar-refractivity contribution in [3.63, 3.8) is 0 Å². The zero-order valence-corrected chi connectivity index (χ0v) is 12.4. The number of hydrogen-bond acceptors (Lipinski definition) is 3. The fourth-order valence-electron chi connectivity index (χ4n) is 3.03. The van der Waals surface area contributed by atoms with Gasteiger partial charge in [0, 0.05) is 5.70 Å². The van der Waals surface area contributed by atoms with E-state index in [1.807, 2.05) is 13.8 Å². The third-order valence-electron chi connectivity index (χ3n) is 3.92. The molecular formula is C14H22N2O2S. The van der Waals surface area contributed by atoms with Gasteiger partial charge in [0.25, 0.3) is 0 Å². The first-order valence-electron chi connectivity index (χ1n) is 7.09. The van der Waals surface area contributed by atoms with Crippen LogP contribution in [0.5, 0.6) is 0 Å². The highest BCUT2D eigenvalue weighted by Gasteiger charge is 2.35. The average molecular weight is 282 g/mol. The number of ether oxygens (including phenoxy) is 1. The second kappa shape index (κ2) is 6.37. The van der Waals surface area contributed by atoms with Crippen LogP contribution in [0.15, 0.2) is 11.3 Å². The van der Waals surface area contributed by atoms with Crippen LogP contribution in [0.1, 0.15) is 46.0 Å². The molecule has 0 aromatic rings. The van der Waals surface area contributed by atoms with E-state index < -0.39 is 0 Å². The molecule has 0 saturated heterocycles. The molecule has 0 aromatic heterocycles. The number of rotatable bonds is 3. The van der Waals surface area contributed by atoms with E-state index in [1.165, 1.54) is 19.3 Å². The molecule has 2 N–H and O–H groups in total. The zero-order valence-electron chi connectivity index (χ0n) is 11.6. The fraction of sp³-hybridized carbons (Fsp3) is 0.714. The van der Waals surface area contributed by atoms with E-state index in [0.29, 0.717) is 17.6 Å². The van der Waals surface area contributed by atoms with Crippen molar-refractivity contribution in [1.29, 1.82) is 0 Å². The molecule has 5 heteroatoms. The standard InChI is InChI=1S/C14H22N2O2S/c1-3-18-13(17)11-9(2)15-14(19)16-12(11)10-7-5-4-6-8-10/h10,12H,3-8H2,1-2H3,(H2,15,16,19)/t12-/m1/s1. The molecule has 106 valence electrons. The molecule has 0 spiro atoms. The molecule has 0 unspecified atom stereocenters. The molecule has 4 nitrogen and oxygen atoms in total. The summed E-state index contributed by atoms with van der Waals surface area (Å²) in [6, 6.07) is 0.00750. The largest absolute Gasteiger partial charge is 0.463 e. The molecule has 1 heterocycles. The summed E-state index contributed by atoms with van der Waals surface area (Å²) >= 11 is 5.22. The van der Waals surface area contributed by atoms with E-state index in [0.717, 1.165) is 24.1 Å². The number of esters is 1. The molecule has 0 radical (unpaired) electrons. The second-order valence-corrected chi connectivity index (χ2v) is 5.64. The maximum atomic E-state index is 12.2. The minimum Gasteiger partial charge on any atom is -0.463 e. The van der Waals surface area contributed by atoms with Crippen LogP contribution in [0.4, 0.5) is 0 Å². The highest BCUT2D eigenvalue weighted by atomic mass is 32.1. The van der Waals surface area contributed by atoms with E-state index in [9.17, 15) is 4.79 Å². The lowest BCUT2D eigenvalue weighted by Crippen LogP contribution is -2.53. The summed E-state index contributed by atoms with van der Waals surface area (Å²) in [5.41, 5.74) is 1.56. The third-order valence-corrected chi connectivity index (χ3v) is 4.14. The van der Waals surface area contributed by atoms with Crippen molar-refractivity contribution in [2.75, 3.05) is 6.61 Å². The lowest BCUT2D eigenvalue weighted by Gasteiger charge is -2.36. The first-order chi connectivity index (χ1) is 9.13. The minimum absolute atomic E-state index is 0.00750. The SMILES string of the molecule is CCOC(=O)C1=C(C)NC(=S)N[C@@H]1C1CCCCC1. The van der Waals surface area contributed by atoms with Gasteiger partial charge in [0.15, 0.2) is 5.11 Å². The van der Waals surface area contributed by atoms with Crippen LogP contribution in [0, 0.1) is 5.92 Å². The summed E-state index contributed by atoms with van der Waals surface area (Å²) in [6.45, 7) is 4.13. The van der Waals surface area contributed by atoms with E-state index >= 15 is 0 Å². The van der Waals surface area contributed by atoms with Crippen molar-refractivity contribution in [2.45, 2.75) is 52.0 Å². The Balaban J connectivity index is 2.23. The Bertz CT molecular complexity index is 400. The summed E-state index contributed by atoms with van der Waals surface area (Å²) in [4.78, 5) is 12.2. The van der Waals surface area contributed by atoms with Crippen LogP contribution in [0.2, 0.25) is 0 Å². The molecule has 1 saturated carbocycles. The lowest BCUT2D eigenvalue weighted by atomic mass is 9.80. The quantitative estimate of drug-likeness (QED) is 0.614. The Labute approximate surface area is 120 Å². The van der Waals surface area contributed by atoms with E-state index in [1.54, 1.807) is 0 Å². The topological polar surface area (TPSA) is 50.4 Å². The minimum atomic E-state index is -0.224. The summed E-state index contributed by atoms with van der Waals surface area (Å²) in [6.07, 6.45) is 6.06. The predicted octanol–water partition coefficient (Wildman–Crippen LogP) is 2.25. The Morgan fingerprint density at radius 2 is 2.05 bits per heavy atom. The van der Waals surface area contributed by atoms with Gasteiger partial charge in [0.2, 0.25) is 0 Å². The highest BCUT2D eigenvalue weighted by Crippen LogP contribution is 2.31. The van der Waals surface area contributed by atoms with Crippen molar-refractivity contribution in [2.24, 2.45) is 5.92 Å². The van der Waals surface area contributed by atoms with Crippen molar-refractivity contribution >= 4 is 23.3 Å². The van der Waals surface area contributed by atoms with Gasteiger partial charge in [-0.3, -0.25) is 0 Å². The van der Waals surface area contributed by atoms with Gasteiger partial charge in [-0.15, -0.1) is 0 Å². The van der Waals surface area contributed by atoms with Gasteiger partial charge < -0.3 is 15.4 Å². The molecule has 1 aliphatic heterocycles. The first-order valence-corrected chi connectivity index (χ1v) is 7.49. The molecule has 1 atom stereocenters. The number of carbonyl (C=O) groups is 1. The molecule has 19 heavy (non-hydrogen) atoms. The van der Waals surface area contributed by atoms with Crippen LogP contribution in [-0.4, -0.2) is 23.7 Å². The molecule has 2 aliphatic rings. The van der Waals surface area contributed by atoms with Gasteiger partial charge in [0.05, 0.1) is 18.2 Å². The molecule has 0 aromatic carbocycles. The molecular weight excluding hydrogens is 260 g/mol. The Hall–Kier alpha value is -1.10. The van der Waals surface area contributed by atoms with Crippen LogP contribution in [-0.2, 0) is 9.53 Å². The van der Waals surface area contributed by atoms with Crippen LogP contribution < -0.4 is 10.6 Å². The second-order valence-electron chi connectivity index (χ2n) is 5.23. The summed E-state index contributed by atoms with van der Waals surface area (Å²) < 4.78 is 5.19. The average Bonchev–Trinajstić information content (AvgIpc) is 2.39. The maximum absolute atomic E-state index is 12.2. The van der Waals surface area contributed by atoms with Crippen LogP contribution in [0.3, 0.4) is 0 Å². The van der Waals surface area contributed by atoms with Gasteiger partial charge in [-0.2, -0.15) is 0 Å². The molecule has 1 aliphatic carbocycles. The van der Waals surface area contributed by atoms with Gasteiger partial charge >= 0.3 is 5.97 Å². The molecule has 0 bridgehead atoms. The Morgan fingerprint density at radius 3 is 2.68 bits per heavy atom. The fourth-order valence-corrected chi connectivity index (χ4v) is 3.31. The summed E-state index contributed by atoms with van der Waals surface area (Å²) in [5.74, 6) is 0.251. The third kappa shape index (κ3) is 3.26. The molecule has 1 fully saturated rings. The number of thiocarbonyl (C=S) groups is 1. The Kier molecular flexibility index (Phi) is 4.80. The van der Waals surface area contributed by atoms with Crippen molar-refractivity contribution in [3.8, 4) is 0 Å². The number of carbonyl (C=O) groups excluding carboxylic acids is 1. The Morgan fingerprint density at radius 1 is 1.37 bits per heavy atom. The van der Waals surface area contributed by atoms with Gasteiger partial charge in [-0.1, -0.05) is 19.3 Å². The van der Waals surface area contributed by atoms with Gasteiger partial charge in [-0.25, -0.2) is 4.79 Å². The number of nitrogens with one attached hydrogen (secondary N) is 2. The summed E-state index contributed by atoms with van der Waals surface area (Å²) in [5, 5.41) is 6.92. The predicted molar refractivity (Wildman–Crippen MR) is 78.6 cm³/mol. The van der Waals surface area contributed by atoms with E-state index in [-0.39, 0.29) is 12.0 Å². The van der Waals surface area contributed by atoms with Gasteiger partial charge in [0.1, 0.15) is 0 Å². The van der Waals surface area contributed by atoms with Crippen molar-refractivity contribution in [3.05, 3.63) is 11.3 Å².